The van der Waals surface area contributed by atoms with Gasteiger partial charge in [0.15, 0.2) is 11.2 Å². The summed E-state index contributed by atoms with van der Waals surface area (Å²) in [6.45, 7) is 2.39. The van der Waals surface area contributed by atoms with Crippen molar-refractivity contribution in [2.75, 3.05) is 16.4 Å². The number of nitrogens with zero attached hydrogens (tertiary/aromatic N) is 5. The van der Waals surface area contributed by atoms with Gasteiger partial charge in [0, 0.05) is 36.4 Å². The van der Waals surface area contributed by atoms with Crippen molar-refractivity contribution >= 4 is 51.3 Å². The number of nitro benzene ring substituents is 1. The highest BCUT2D eigenvalue weighted by Gasteiger charge is 2.15. The van der Waals surface area contributed by atoms with Crippen LogP contribution in [0.3, 0.4) is 0 Å². The fraction of sp³-hybridized carbons (Fsp3) is 0.294. The number of amides is 1. The molecule has 0 spiro atoms. The molecule has 0 saturated heterocycles. The van der Waals surface area contributed by atoms with Gasteiger partial charge in [-0.05, 0) is 5.56 Å². The van der Waals surface area contributed by atoms with E-state index in [1.807, 2.05) is 4.57 Å². The van der Waals surface area contributed by atoms with E-state index in [0.29, 0.717) is 24.2 Å². The molecule has 0 aliphatic heterocycles. The molecule has 0 fully saturated rings. The summed E-state index contributed by atoms with van der Waals surface area (Å²) in [5.41, 5.74) is 2.04. The van der Waals surface area contributed by atoms with Crippen LogP contribution >= 0.6 is 22.6 Å². The molecule has 0 radical (unpaired) electrons. The average Bonchev–Trinajstić information content (AvgIpc) is 3.05. The molecule has 3 aromatic rings. The first-order chi connectivity index (χ1) is 13.5. The average molecular weight is 496 g/mol. The van der Waals surface area contributed by atoms with Gasteiger partial charge in [-0.2, -0.15) is 9.97 Å². The van der Waals surface area contributed by atoms with Crippen molar-refractivity contribution in [3.63, 3.8) is 0 Å². The molecule has 10 nitrogen and oxygen atoms in total. The molecular weight excluding hydrogens is 479 g/mol. The number of carbonyl (C=O) groups excluding carboxylic acids is 1. The third-order valence-electron chi connectivity index (χ3n) is 3.82. The zero-order valence-corrected chi connectivity index (χ0v) is 17.1. The summed E-state index contributed by atoms with van der Waals surface area (Å²) in [4.78, 5) is 34.6. The van der Waals surface area contributed by atoms with Gasteiger partial charge in [0.2, 0.25) is 17.7 Å². The molecule has 146 valence electrons. The van der Waals surface area contributed by atoms with Crippen molar-refractivity contribution in [1.82, 2.24) is 19.5 Å². The minimum absolute atomic E-state index is 0.0444. The molecular formula is C17H17IN6O4. The Kier molecular flexibility index (Phi) is 6.34. The minimum atomic E-state index is -0.437. The summed E-state index contributed by atoms with van der Waals surface area (Å²) in [6, 6.07) is 6.29. The number of carbonyl (C=O) groups is 1. The Morgan fingerprint density at radius 1 is 1.32 bits per heavy atom. The summed E-state index contributed by atoms with van der Waals surface area (Å²) >= 11 is 2.26. The molecule has 3 rings (SSSR count). The number of halogens is 1. The number of nitro groups is 1. The summed E-state index contributed by atoms with van der Waals surface area (Å²) in [7, 11) is 0. The highest BCUT2D eigenvalue weighted by molar-refractivity contribution is 14.1. The van der Waals surface area contributed by atoms with Crippen LogP contribution in [0.4, 0.5) is 11.6 Å². The SMILES string of the molecule is CC(=O)Nc1nc(OCCc2ccc([N+](=O)[O-])cc2)c2ncn(CCI)c2n1. The third-order valence-corrected chi connectivity index (χ3v) is 4.30. The highest BCUT2D eigenvalue weighted by Crippen LogP contribution is 2.23. The van der Waals surface area contributed by atoms with E-state index in [-0.39, 0.29) is 23.4 Å². The number of hydrogen-bond acceptors (Lipinski definition) is 7. The summed E-state index contributed by atoms with van der Waals surface area (Å²) in [5.74, 6) is 0.152. The molecule has 0 aliphatic carbocycles. The van der Waals surface area contributed by atoms with E-state index in [9.17, 15) is 14.9 Å². The molecule has 1 N–H and O–H groups in total. The predicted molar refractivity (Wildman–Crippen MR) is 111 cm³/mol. The molecule has 2 heterocycles. The van der Waals surface area contributed by atoms with E-state index in [1.165, 1.54) is 19.1 Å². The summed E-state index contributed by atoms with van der Waals surface area (Å²) < 4.78 is 8.55. The number of aromatic nitrogens is 4. The van der Waals surface area contributed by atoms with E-state index in [1.54, 1.807) is 18.5 Å². The Morgan fingerprint density at radius 2 is 2.07 bits per heavy atom. The van der Waals surface area contributed by atoms with Crippen LogP contribution in [-0.4, -0.2) is 41.4 Å². The Balaban J connectivity index is 1.78. The van der Waals surface area contributed by atoms with Crippen molar-refractivity contribution in [3.05, 3.63) is 46.3 Å². The smallest absolute Gasteiger partial charge is 0.269 e. The fourth-order valence-electron chi connectivity index (χ4n) is 2.54. The topological polar surface area (TPSA) is 125 Å². The lowest BCUT2D eigenvalue weighted by molar-refractivity contribution is -0.384. The van der Waals surface area contributed by atoms with E-state index in [4.69, 9.17) is 4.74 Å². The molecule has 0 bridgehead atoms. The van der Waals surface area contributed by atoms with Gasteiger partial charge in [-0.25, -0.2) is 4.98 Å². The molecule has 11 heteroatoms. The lowest BCUT2D eigenvalue weighted by Gasteiger charge is -2.09. The van der Waals surface area contributed by atoms with E-state index in [0.717, 1.165) is 16.5 Å². The first-order valence-corrected chi connectivity index (χ1v) is 9.93. The van der Waals surface area contributed by atoms with Crippen LogP contribution in [0.15, 0.2) is 30.6 Å². The second kappa shape index (κ2) is 8.91. The normalized spacial score (nSPS) is 10.8. The van der Waals surface area contributed by atoms with Crippen LogP contribution < -0.4 is 10.1 Å². The summed E-state index contributed by atoms with van der Waals surface area (Å²) in [5, 5.41) is 13.3. The first kappa shape index (κ1) is 19.9. The van der Waals surface area contributed by atoms with E-state index >= 15 is 0 Å². The van der Waals surface area contributed by atoms with Gasteiger partial charge < -0.3 is 9.30 Å². The Labute approximate surface area is 173 Å². The first-order valence-electron chi connectivity index (χ1n) is 8.40. The number of hydrogen-bond donors (Lipinski definition) is 1. The number of ether oxygens (including phenoxy) is 1. The van der Waals surface area contributed by atoms with Crippen molar-refractivity contribution in [3.8, 4) is 5.88 Å². The highest BCUT2D eigenvalue weighted by atomic mass is 127. The number of rotatable bonds is 8. The molecule has 2 aromatic heterocycles. The second-order valence-corrected chi connectivity index (χ2v) is 6.93. The predicted octanol–water partition coefficient (Wildman–Crippen LogP) is 2.75. The number of non-ortho nitro benzene ring substituents is 1. The van der Waals surface area contributed by atoms with Crippen LogP contribution in [0.1, 0.15) is 12.5 Å². The Morgan fingerprint density at radius 3 is 2.71 bits per heavy atom. The number of benzene rings is 1. The maximum atomic E-state index is 11.4. The molecule has 0 atom stereocenters. The second-order valence-electron chi connectivity index (χ2n) is 5.85. The van der Waals surface area contributed by atoms with Crippen LogP contribution in [0.25, 0.3) is 11.2 Å². The zero-order valence-electron chi connectivity index (χ0n) is 15.0. The number of imidazole rings is 1. The van der Waals surface area contributed by atoms with Crippen LogP contribution in [-0.2, 0) is 17.8 Å². The Hall–Kier alpha value is -2.83. The number of fused-ring (bicyclic) bond motifs is 1. The van der Waals surface area contributed by atoms with Gasteiger partial charge in [0.1, 0.15) is 0 Å². The molecule has 28 heavy (non-hydrogen) atoms. The van der Waals surface area contributed by atoms with Gasteiger partial charge >= 0.3 is 0 Å². The fourth-order valence-corrected chi connectivity index (χ4v) is 3.06. The van der Waals surface area contributed by atoms with Gasteiger partial charge in [-0.3, -0.25) is 20.2 Å². The van der Waals surface area contributed by atoms with Crippen molar-refractivity contribution in [2.45, 2.75) is 19.9 Å². The largest absolute Gasteiger partial charge is 0.476 e. The van der Waals surface area contributed by atoms with Crippen molar-refractivity contribution in [1.29, 1.82) is 0 Å². The van der Waals surface area contributed by atoms with E-state index < -0.39 is 4.92 Å². The zero-order chi connectivity index (χ0) is 20.1. The standard InChI is InChI=1S/C17H17IN6O4/c1-11(25)20-17-21-15-14(19-10-23(15)8-7-18)16(22-17)28-9-6-12-2-4-13(5-3-12)24(26)27/h2-5,10H,6-9H2,1H3,(H,20,21,22,25). The maximum absolute atomic E-state index is 11.4. The molecule has 1 amide bonds. The van der Waals surface area contributed by atoms with Crippen molar-refractivity contribution in [2.24, 2.45) is 0 Å². The minimum Gasteiger partial charge on any atom is -0.476 e. The molecule has 1 aromatic carbocycles. The Bertz CT molecular complexity index is 1000. The van der Waals surface area contributed by atoms with Crippen LogP contribution in [0.2, 0.25) is 0 Å². The van der Waals surface area contributed by atoms with Crippen LogP contribution in [0.5, 0.6) is 5.88 Å². The van der Waals surface area contributed by atoms with Gasteiger partial charge in [0.25, 0.3) is 5.69 Å². The quantitative estimate of drug-likeness (QED) is 0.220. The summed E-state index contributed by atoms with van der Waals surface area (Å²) in [6.07, 6.45) is 2.20. The number of anilines is 1. The van der Waals surface area contributed by atoms with Gasteiger partial charge in [0.05, 0.1) is 17.9 Å². The molecule has 0 saturated carbocycles. The van der Waals surface area contributed by atoms with Crippen LogP contribution in [0, 0.1) is 10.1 Å². The number of alkyl halides is 1. The lowest BCUT2D eigenvalue weighted by Crippen LogP contribution is -2.12. The number of nitrogens with one attached hydrogen (secondary N) is 1. The maximum Gasteiger partial charge on any atom is 0.269 e. The van der Waals surface area contributed by atoms with Gasteiger partial charge in [-0.1, -0.05) is 34.7 Å². The number of aryl methyl sites for hydroxylation is 1. The van der Waals surface area contributed by atoms with E-state index in [2.05, 4.69) is 42.9 Å². The molecule has 0 aliphatic rings. The monoisotopic (exact) mass is 496 g/mol. The third kappa shape index (κ3) is 4.71. The molecule has 0 unspecified atom stereocenters. The van der Waals surface area contributed by atoms with Crippen molar-refractivity contribution < 1.29 is 14.5 Å². The lowest BCUT2D eigenvalue weighted by atomic mass is 10.1. The van der Waals surface area contributed by atoms with Gasteiger partial charge in [-0.15, -0.1) is 0 Å².